The van der Waals surface area contributed by atoms with E-state index in [0.29, 0.717) is 18.1 Å². The van der Waals surface area contributed by atoms with Gasteiger partial charge >= 0.3 is 0 Å². The molecule has 6 nitrogen and oxygen atoms in total. The van der Waals surface area contributed by atoms with E-state index in [2.05, 4.69) is 20.6 Å². The van der Waals surface area contributed by atoms with Crippen LogP contribution in [0.1, 0.15) is 16.8 Å². The number of thiophene rings is 1. The highest BCUT2D eigenvalue weighted by Gasteiger charge is 2.07. The summed E-state index contributed by atoms with van der Waals surface area (Å²) in [5, 5.41) is 8.84. The predicted molar refractivity (Wildman–Crippen MR) is 68.5 cm³/mol. The maximum atomic E-state index is 11.5. The third-order valence-corrected chi connectivity index (χ3v) is 2.86. The molecule has 0 fully saturated rings. The van der Waals surface area contributed by atoms with Crippen LogP contribution in [0.2, 0.25) is 0 Å². The number of anilines is 1. The Balaban J connectivity index is 1.69. The van der Waals surface area contributed by atoms with Crippen LogP contribution >= 0.6 is 11.3 Å². The zero-order valence-electron chi connectivity index (χ0n) is 9.47. The lowest BCUT2D eigenvalue weighted by atomic mass is 10.3. The van der Waals surface area contributed by atoms with E-state index in [1.807, 2.05) is 5.38 Å². The van der Waals surface area contributed by atoms with Gasteiger partial charge in [0.2, 0.25) is 11.9 Å². The van der Waals surface area contributed by atoms with E-state index >= 15 is 0 Å². The van der Waals surface area contributed by atoms with E-state index in [9.17, 15) is 9.59 Å². The Labute approximate surface area is 107 Å². The highest BCUT2D eigenvalue weighted by atomic mass is 32.1. The first-order valence-corrected chi connectivity index (χ1v) is 6.29. The maximum Gasteiger partial charge on any atom is 0.252 e. The highest BCUT2D eigenvalue weighted by molar-refractivity contribution is 7.08. The number of rotatable bonds is 5. The second-order valence-corrected chi connectivity index (χ2v) is 4.28. The molecule has 0 aliphatic rings. The lowest BCUT2D eigenvalue weighted by Gasteiger charge is -2.03. The van der Waals surface area contributed by atoms with E-state index < -0.39 is 0 Å². The van der Waals surface area contributed by atoms with Crippen LogP contribution in [-0.4, -0.2) is 28.3 Å². The monoisotopic (exact) mass is 264 g/mol. The van der Waals surface area contributed by atoms with Gasteiger partial charge in [0.05, 0.1) is 0 Å². The fraction of sp³-hybridized carbons (Fsp3) is 0.182. The molecular weight excluding hydrogens is 252 g/mol. The second kappa shape index (κ2) is 5.97. The van der Waals surface area contributed by atoms with Gasteiger partial charge in [0.15, 0.2) is 0 Å². The van der Waals surface area contributed by atoms with Crippen LogP contribution in [0, 0.1) is 0 Å². The van der Waals surface area contributed by atoms with Crippen LogP contribution in [0.25, 0.3) is 0 Å². The fourth-order valence-corrected chi connectivity index (χ4v) is 1.95. The summed E-state index contributed by atoms with van der Waals surface area (Å²) in [6.07, 6.45) is 3.37. The van der Waals surface area contributed by atoms with Gasteiger partial charge in [0.25, 0.3) is 5.91 Å². The second-order valence-electron chi connectivity index (χ2n) is 3.50. The largest absolute Gasteiger partial charge is 0.351 e. The maximum absolute atomic E-state index is 11.5. The van der Waals surface area contributed by atoms with Crippen molar-refractivity contribution >= 4 is 29.1 Å². The third-order valence-electron chi connectivity index (χ3n) is 2.18. The Bertz CT molecular complexity index is 507. The minimum absolute atomic E-state index is 0.165. The van der Waals surface area contributed by atoms with Crippen LogP contribution in [0.5, 0.6) is 0 Å². The van der Waals surface area contributed by atoms with Gasteiger partial charge in [0.1, 0.15) is 0 Å². The molecule has 0 aliphatic carbocycles. The number of aromatic nitrogens is 2. The van der Waals surface area contributed by atoms with E-state index in [1.54, 1.807) is 23.8 Å². The van der Waals surface area contributed by atoms with Crippen LogP contribution in [-0.2, 0) is 4.79 Å². The Morgan fingerprint density at radius 2 is 2.33 bits per heavy atom. The molecular formula is C11H12N4O2S. The number of hydrogen-bond donors (Lipinski definition) is 3. The summed E-state index contributed by atoms with van der Waals surface area (Å²) < 4.78 is 0. The smallest absolute Gasteiger partial charge is 0.252 e. The molecule has 7 heteroatoms. The van der Waals surface area contributed by atoms with Gasteiger partial charge in [0, 0.05) is 36.3 Å². The molecule has 0 aliphatic heterocycles. The highest BCUT2D eigenvalue weighted by Crippen LogP contribution is 2.05. The number of carbonyl (C=O) groups excluding carboxylic acids is 2. The normalized spacial score (nSPS) is 10.0. The van der Waals surface area contributed by atoms with Crippen molar-refractivity contribution in [3.63, 3.8) is 0 Å². The topological polar surface area (TPSA) is 86.9 Å². The number of imidazole rings is 1. The van der Waals surface area contributed by atoms with E-state index in [4.69, 9.17) is 0 Å². The number of aromatic amines is 1. The van der Waals surface area contributed by atoms with Gasteiger partial charge < -0.3 is 10.3 Å². The minimum atomic E-state index is -0.199. The molecule has 0 aromatic carbocycles. The average molecular weight is 264 g/mol. The van der Waals surface area contributed by atoms with Gasteiger partial charge in [-0.3, -0.25) is 14.9 Å². The van der Waals surface area contributed by atoms with Crippen molar-refractivity contribution in [2.24, 2.45) is 0 Å². The van der Waals surface area contributed by atoms with Crippen molar-refractivity contribution in [3.8, 4) is 0 Å². The van der Waals surface area contributed by atoms with Crippen molar-refractivity contribution < 1.29 is 9.59 Å². The van der Waals surface area contributed by atoms with E-state index in [1.165, 1.54) is 11.3 Å². The molecule has 0 saturated carbocycles. The molecule has 0 unspecified atom stereocenters. The van der Waals surface area contributed by atoms with Crippen molar-refractivity contribution in [1.82, 2.24) is 15.3 Å². The van der Waals surface area contributed by atoms with Gasteiger partial charge in [-0.05, 0) is 11.4 Å². The number of hydrogen-bond acceptors (Lipinski definition) is 4. The molecule has 3 N–H and O–H groups in total. The van der Waals surface area contributed by atoms with Crippen molar-refractivity contribution in [1.29, 1.82) is 0 Å². The molecule has 0 saturated heterocycles. The summed E-state index contributed by atoms with van der Waals surface area (Å²) in [6, 6.07) is 1.74. The summed E-state index contributed by atoms with van der Waals surface area (Å²) in [5.74, 6) is 0.0433. The Kier molecular flexibility index (Phi) is 4.08. The molecule has 2 rings (SSSR count). The summed E-state index contributed by atoms with van der Waals surface area (Å²) in [7, 11) is 0. The van der Waals surface area contributed by atoms with E-state index in [-0.39, 0.29) is 18.2 Å². The number of amides is 2. The molecule has 0 spiro atoms. The SMILES string of the molecule is O=C(CCNC(=O)c1ccsc1)Nc1ncc[nH]1. The summed E-state index contributed by atoms with van der Waals surface area (Å²) in [6.45, 7) is 0.293. The Hall–Kier alpha value is -2.15. The molecule has 2 amide bonds. The number of nitrogens with one attached hydrogen (secondary N) is 3. The van der Waals surface area contributed by atoms with Crippen molar-refractivity contribution in [3.05, 3.63) is 34.8 Å². The third kappa shape index (κ3) is 3.42. The standard InChI is InChI=1S/C11H12N4O2S/c16-9(15-11-13-4-5-14-11)1-3-12-10(17)8-2-6-18-7-8/h2,4-7H,1,3H2,(H,12,17)(H2,13,14,15,16). The first kappa shape index (κ1) is 12.3. The lowest BCUT2D eigenvalue weighted by Crippen LogP contribution is -2.27. The molecule has 0 atom stereocenters. The van der Waals surface area contributed by atoms with Crippen molar-refractivity contribution in [2.45, 2.75) is 6.42 Å². The molecule has 2 aromatic rings. The number of H-pyrrole nitrogens is 1. The molecule has 0 radical (unpaired) electrons. The van der Waals surface area contributed by atoms with Crippen LogP contribution < -0.4 is 10.6 Å². The Morgan fingerprint density at radius 1 is 1.44 bits per heavy atom. The number of carbonyl (C=O) groups is 2. The van der Waals surface area contributed by atoms with Crippen molar-refractivity contribution in [2.75, 3.05) is 11.9 Å². The lowest BCUT2D eigenvalue weighted by molar-refractivity contribution is -0.116. The summed E-state index contributed by atoms with van der Waals surface area (Å²) >= 11 is 1.46. The number of nitrogens with zero attached hydrogens (tertiary/aromatic N) is 1. The van der Waals surface area contributed by atoms with E-state index in [0.717, 1.165) is 0 Å². The molecule has 2 aromatic heterocycles. The van der Waals surface area contributed by atoms with Gasteiger partial charge in [-0.25, -0.2) is 4.98 Å². The zero-order valence-corrected chi connectivity index (χ0v) is 10.3. The van der Waals surface area contributed by atoms with Crippen LogP contribution in [0.4, 0.5) is 5.95 Å². The molecule has 2 heterocycles. The van der Waals surface area contributed by atoms with Gasteiger partial charge in [-0.2, -0.15) is 11.3 Å². The summed E-state index contributed by atoms with van der Waals surface area (Å²) in [4.78, 5) is 29.6. The average Bonchev–Trinajstić information content (AvgIpc) is 3.00. The quantitative estimate of drug-likeness (QED) is 0.759. The van der Waals surface area contributed by atoms with Gasteiger partial charge in [-0.1, -0.05) is 0 Å². The zero-order chi connectivity index (χ0) is 12.8. The molecule has 18 heavy (non-hydrogen) atoms. The fourth-order valence-electron chi connectivity index (χ4n) is 1.31. The Morgan fingerprint density at radius 3 is 3.00 bits per heavy atom. The first-order valence-electron chi connectivity index (χ1n) is 5.35. The van der Waals surface area contributed by atoms with Gasteiger partial charge in [-0.15, -0.1) is 0 Å². The van der Waals surface area contributed by atoms with Crippen LogP contribution in [0.3, 0.4) is 0 Å². The molecule has 0 bridgehead atoms. The summed E-state index contributed by atoms with van der Waals surface area (Å²) in [5.41, 5.74) is 0.617. The minimum Gasteiger partial charge on any atom is -0.351 e. The van der Waals surface area contributed by atoms with Crippen LogP contribution in [0.15, 0.2) is 29.2 Å². The first-order chi connectivity index (χ1) is 8.75. The molecule has 94 valence electrons. The predicted octanol–water partition coefficient (Wildman–Crippen LogP) is 1.23.